The molecule has 14 heteroatoms. The monoisotopic (exact) mass is 477 g/mol. The van der Waals surface area contributed by atoms with Crippen LogP contribution in [-0.2, 0) is 13.8 Å². The van der Waals surface area contributed by atoms with Crippen molar-refractivity contribution in [1.29, 1.82) is 0 Å². The molecule has 0 saturated carbocycles. The summed E-state index contributed by atoms with van der Waals surface area (Å²) in [6.45, 7) is 1.46. The largest absolute Gasteiger partial charge is 1.00 e. The van der Waals surface area contributed by atoms with Crippen molar-refractivity contribution in [3.05, 3.63) is 12.2 Å². The topological polar surface area (TPSA) is 189 Å². The molecule has 0 radical (unpaired) electrons. The molecule has 0 aliphatic carbocycles. The Hall–Kier alpha value is -1.10. The van der Waals surface area contributed by atoms with Crippen molar-refractivity contribution in [2.24, 2.45) is 0 Å². The molecule has 1 unspecified atom stereocenters. The number of hydrogen-bond acceptors (Lipinski definition) is 10. The van der Waals surface area contributed by atoms with Crippen LogP contribution in [0.25, 0.3) is 11.2 Å². The van der Waals surface area contributed by atoms with Gasteiger partial charge >= 0.3 is 29.6 Å². The summed E-state index contributed by atoms with van der Waals surface area (Å²) in [5, 5.41) is 20.5. The van der Waals surface area contributed by atoms with E-state index in [2.05, 4.69) is 38.2 Å². The van der Waals surface area contributed by atoms with Gasteiger partial charge in [0.15, 0.2) is 17.7 Å². The fourth-order valence-corrected chi connectivity index (χ4v) is 3.56. The summed E-state index contributed by atoms with van der Waals surface area (Å²) in [6.07, 6.45) is 1.10. The van der Waals surface area contributed by atoms with Gasteiger partial charge in [-0.15, -0.1) is 0 Å². The summed E-state index contributed by atoms with van der Waals surface area (Å²) < 4.78 is 22.0. The summed E-state index contributed by atoms with van der Waals surface area (Å²) in [5.74, 6) is 6.16. The number of anilines is 1. The Labute approximate surface area is 207 Å². The van der Waals surface area contributed by atoms with Crippen LogP contribution in [0.1, 0.15) is 51.1 Å². The maximum Gasteiger partial charge on any atom is 1.00 e. The zero-order valence-corrected chi connectivity index (χ0v) is 20.8. The summed E-state index contributed by atoms with van der Waals surface area (Å²) in [4.78, 5) is 32.1. The number of nitrogen functional groups attached to an aromatic ring is 1. The van der Waals surface area contributed by atoms with Gasteiger partial charge in [-0.2, -0.15) is 0 Å². The van der Waals surface area contributed by atoms with Gasteiger partial charge in [-0.05, 0) is 12.3 Å². The number of aliphatic hydroxyl groups is 2. The van der Waals surface area contributed by atoms with Gasteiger partial charge in [-0.3, -0.25) is 9.13 Å². The molecular weight excluding hydrogens is 452 g/mol. The number of phosphoric acid groups is 1. The van der Waals surface area contributed by atoms with Gasteiger partial charge in [0.1, 0.15) is 23.8 Å². The molecule has 170 valence electrons. The minimum Gasteiger partial charge on any atom is -0.756 e. The number of ether oxygens (including phenoxy) is 1. The Bertz CT molecular complexity index is 1020. The normalized spacial score (nSPS) is 24.5. The number of nitrogens with zero attached hydrogens (tertiary/aromatic N) is 4. The Morgan fingerprint density at radius 3 is 2.75 bits per heavy atom. The zero-order chi connectivity index (χ0) is 22.6. The van der Waals surface area contributed by atoms with Crippen LogP contribution in [0, 0.1) is 11.8 Å². The standard InChI is InChI=1S/C18H26N5O7P.Na/c1-2-3-4-5-6-7-8-12-21-16(19)13-17(22-12)23(10-20-13)18-15(25)14(24)11(30-18)9-29-31(26,27)28;/h10-11,14-15,18,24-25H,2-6,9H2,1H3,(H2,19,21,22)(H2,26,27,28);/q;+1/p-1/t11-,14-,15-,18-;/m1./s1. The van der Waals surface area contributed by atoms with Crippen molar-refractivity contribution in [3.8, 4) is 11.8 Å². The first-order valence-corrected chi connectivity index (χ1v) is 11.4. The Kier molecular flexibility index (Phi) is 10.1. The minimum atomic E-state index is -5.01. The number of imidazole rings is 1. The molecule has 1 aliphatic rings. The van der Waals surface area contributed by atoms with Crippen molar-refractivity contribution >= 4 is 24.8 Å². The average molecular weight is 477 g/mol. The van der Waals surface area contributed by atoms with E-state index in [-0.39, 0.29) is 52.4 Å². The van der Waals surface area contributed by atoms with Gasteiger partial charge in [-0.25, -0.2) is 15.0 Å². The number of rotatable bonds is 8. The number of nitrogens with two attached hydrogens (primary N) is 1. The second-order valence-corrected chi connectivity index (χ2v) is 8.37. The predicted octanol–water partition coefficient (Wildman–Crippen LogP) is -3.17. The predicted molar refractivity (Wildman–Crippen MR) is 107 cm³/mol. The molecule has 0 amide bonds. The first-order chi connectivity index (χ1) is 14.7. The third-order valence-corrected chi connectivity index (χ3v) is 5.29. The number of aliphatic hydroxyl groups excluding tert-OH is 2. The summed E-state index contributed by atoms with van der Waals surface area (Å²) in [6, 6.07) is 0. The molecular formula is C18H25N5NaO7P. The molecule has 3 rings (SSSR count). The number of phosphoric ester groups is 1. The van der Waals surface area contributed by atoms with E-state index in [1.807, 2.05) is 0 Å². The third kappa shape index (κ3) is 6.71. The summed E-state index contributed by atoms with van der Waals surface area (Å²) in [5.41, 5.74) is 6.46. The van der Waals surface area contributed by atoms with E-state index < -0.39 is 39.0 Å². The number of unbranched alkanes of at least 4 members (excludes halogenated alkanes) is 4. The zero-order valence-electron chi connectivity index (χ0n) is 17.9. The van der Waals surface area contributed by atoms with E-state index in [0.717, 1.165) is 25.7 Å². The van der Waals surface area contributed by atoms with Crippen molar-refractivity contribution in [1.82, 2.24) is 19.5 Å². The van der Waals surface area contributed by atoms with Crippen molar-refractivity contribution in [3.63, 3.8) is 0 Å². The van der Waals surface area contributed by atoms with Crippen LogP contribution in [0.5, 0.6) is 0 Å². The second kappa shape index (κ2) is 11.9. The van der Waals surface area contributed by atoms with E-state index in [0.29, 0.717) is 6.42 Å². The molecule has 12 nitrogen and oxygen atoms in total. The summed E-state index contributed by atoms with van der Waals surface area (Å²) in [7, 11) is -5.01. The molecule has 1 fully saturated rings. The van der Waals surface area contributed by atoms with Crippen LogP contribution >= 0.6 is 7.82 Å². The Balaban J connectivity index is 0.00000363. The molecule has 32 heavy (non-hydrogen) atoms. The smallest absolute Gasteiger partial charge is 0.756 e. The van der Waals surface area contributed by atoms with Crippen molar-refractivity contribution in [2.75, 3.05) is 12.3 Å². The quantitative estimate of drug-likeness (QED) is 0.130. The molecule has 5 atom stereocenters. The van der Waals surface area contributed by atoms with Gasteiger partial charge < -0.3 is 35.0 Å². The number of hydrogen-bond donors (Lipinski definition) is 4. The molecule has 5 N–H and O–H groups in total. The third-order valence-electron chi connectivity index (χ3n) is 4.82. The van der Waals surface area contributed by atoms with Gasteiger partial charge in [0.25, 0.3) is 7.82 Å². The van der Waals surface area contributed by atoms with Gasteiger partial charge in [-0.1, -0.05) is 32.1 Å². The maximum atomic E-state index is 10.8. The van der Waals surface area contributed by atoms with E-state index in [9.17, 15) is 19.7 Å². The number of fused-ring (bicyclic) bond motifs is 1. The van der Waals surface area contributed by atoms with Gasteiger partial charge in [0.05, 0.1) is 12.9 Å². The molecule has 2 aromatic heterocycles. The molecule has 3 heterocycles. The van der Waals surface area contributed by atoms with E-state index in [1.54, 1.807) is 0 Å². The van der Waals surface area contributed by atoms with Crippen LogP contribution in [0.15, 0.2) is 6.33 Å². The molecule has 0 bridgehead atoms. The second-order valence-electron chi connectivity index (χ2n) is 7.18. The molecule has 1 aliphatic heterocycles. The Morgan fingerprint density at radius 2 is 2.06 bits per heavy atom. The minimum absolute atomic E-state index is 0. The van der Waals surface area contributed by atoms with E-state index in [1.165, 1.54) is 10.9 Å². The Morgan fingerprint density at radius 1 is 1.31 bits per heavy atom. The van der Waals surface area contributed by atoms with E-state index in [4.69, 9.17) is 15.4 Å². The first kappa shape index (κ1) is 27.1. The van der Waals surface area contributed by atoms with Crippen molar-refractivity contribution in [2.45, 2.75) is 63.6 Å². The number of aromatic nitrogens is 4. The van der Waals surface area contributed by atoms with Gasteiger partial charge in [0, 0.05) is 6.42 Å². The van der Waals surface area contributed by atoms with Crippen LogP contribution in [0.3, 0.4) is 0 Å². The van der Waals surface area contributed by atoms with Crippen LogP contribution in [-0.4, -0.2) is 59.5 Å². The summed E-state index contributed by atoms with van der Waals surface area (Å²) >= 11 is 0. The van der Waals surface area contributed by atoms with Crippen LogP contribution in [0.2, 0.25) is 0 Å². The molecule has 0 aromatic carbocycles. The van der Waals surface area contributed by atoms with E-state index >= 15 is 0 Å². The van der Waals surface area contributed by atoms with Gasteiger partial charge in [0.2, 0.25) is 5.82 Å². The SMILES string of the molecule is CCCCCCC#Cc1nc(N)c2ncn([C@@H]3O[C@H](COP(=O)([O-])O)[C@@H](O)[C@H]3O)c2n1.[Na+]. The first-order valence-electron chi connectivity index (χ1n) is 9.90. The fraction of sp³-hybridized carbons (Fsp3) is 0.611. The molecule has 1 saturated heterocycles. The molecule has 0 spiro atoms. The average Bonchev–Trinajstić information content (AvgIpc) is 3.24. The fourth-order valence-electron chi connectivity index (χ4n) is 3.23. The van der Waals surface area contributed by atoms with Crippen molar-refractivity contribution < 1.29 is 63.4 Å². The van der Waals surface area contributed by atoms with Crippen LogP contribution in [0.4, 0.5) is 5.82 Å². The maximum absolute atomic E-state index is 10.8. The molecule has 2 aromatic rings. The van der Waals surface area contributed by atoms with Crippen LogP contribution < -0.4 is 40.2 Å².